The number of methoxy groups -OCH3 is 2. The van der Waals surface area contributed by atoms with Crippen LogP contribution in [0.5, 0.6) is 5.75 Å². The number of hydrogen-bond acceptors (Lipinski definition) is 4. The minimum atomic E-state index is -3.62. The molecule has 0 bridgehead atoms. The molecule has 0 atom stereocenters. The molecule has 0 heterocycles. The summed E-state index contributed by atoms with van der Waals surface area (Å²) in [6.45, 7) is 0.713. The number of nitrogens with zero attached hydrogens (tertiary/aromatic N) is 1. The van der Waals surface area contributed by atoms with Crippen molar-refractivity contribution in [3.8, 4) is 5.75 Å². The molecule has 5 nitrogen and oxygen atoms in total. The Balaban J connectivity index is 2.40. The lowest BCUT2D eigenvalue weighted by atomic mass is 10.2. The molecule has 0 aliphatic heterocycles. The normalized spacial score (nSPS) is 15.4. The summed E-state index contributed by atoms with van der Waals surface area (Å²) in [6.07, 6.45) is 1.78. The predicted octanol–water partition coefficient (Wildman–Crippen LogP) is 2.23. The lowest BCUT2D eigenvalue weighted by Gasteiger charge is -2.23. The second kappa shape index (κ2) is 6.96. The van der Waals surface area contributed by atoms with E-state index in [0.717, 1.165) is 18.4 Å². The summed E-state index contributed by atoms with van der Waals surface area (Å²) < 4.78 is 37.6. The van der Waals surface area contributed by atoms with Crippen LogP contribution < -0.4 is 4.74 Å². The zero-order valence-electron chi connectivity index (χ0n) is 12.2. The summed E-state index contributed by atoms with van der Waals surface area (Å²) in [5.41, 5.74) is 0.749. The number of halogens is 1. The summed E-state index contributed by atoms with van der Waals surface area (Å²) >= 11 is 5.81. The van der Waals surface area contributed by atoms with Gasteiger partial charge in [0.05, 0.1) is 13.7 Å². The van der Waals surface area contributed by atoms with E-state index in [9.17, 15) is 8.42 Å². The molecule has 0 N–H and O–H groups in total. The number of hydrogen-bond donors (Lipinski definition) is 0. The second-order valence-electron chi connectivity index (χ2n) is 4.96. The molecule has 1 aromatic carbocycles. The van der Waals surface area contributed by atoms with E-state index in [1.165, 1.54) is 11.4 Å². The molecule has 7 heteroatoms. The molecular formula is C14H20ClNO4S. The summed E-state index contributed by atoms with van der Waals surface area (Å²) in [7, 11) is -0.590. The van der Waals surface area contributed by atoms with Gasteiger partial charge in [0.25, 0.3) is 0 Å². The van der Waals surface area contributed by atoms with Crippen LogP contribution in [0, 0.1) is 0 Å². The quantitative estimate of drug-likeness (QED) is 0.685. The van der Waals surface area contributed by atoms with Gasteiger partial charge in [-0.25, -0.2) is 8.42 Å². The number of alkyl halides is 1. The van der Waals surface area contributed by atoms with Crippen LogP contribution in [-0.4, -0.2) is 46.1 Å². The van der Waals surface area contributed by atoms with Gasteiger partial charge in [-0.3, -0.25) is 0 Å². The van der Waals surface area contributed by atoms with Crippen LogP contribution in [0.2, 0.25) is 0 Å². The highest BCUT2D eigenvalue weighted by Gasteiger charge is 2.39. The SMILES string of the molecule is COCCN(C1CC1)S(=O)(=O)c1cc(CCl)ccc1OC. The second-order valence-corrected chi connectivity index (χ2v) is 7.08. The monoisotopic (exact) mass is 333 g/mol. The van der Waals surface area contributed by atoms with E-state index in [-0.39, 0.29) is 16.8 Å². The smallest absolute Gasteiger partial charge is 0.247 e. The van der Waals surface area contributed by atoms with Gasteiger partial charge in [-0.05, 0) is 30.5 Å². The molecule has 1 aliphatic carbocycles. The third-order valence-corrected chi connectivity index (χ3v) is 5.72. The Morgan fingerprint density at radius 1 is 1.33 bits per heavy atom. The summed E-state index contributed by atoms with van der Waals surface area (Å²) in [6, 6.07) is 5.06. The molecular weight excluding hydrogens is 314 g/mol. The van der Waals surface area contributed by atoms with Crippen molar-refractivity contribution < 1.29 is 17.9 Å². The van der Waals surface area contributed by atoms with E-state index < -0.39 is 10.0 Å². The fraction of sp³-hybridized carbons (Fsp3) is 0.571. The van der Waals surface area contributed by atoms with Crippen molar-refractivity contribution >= 4 is 21.6 Å². The maximum Gasteiger partial charge on any atom is 0.247 e. The van der Waals surface area contributed by atoms with Crippen LogP contribution in [-0.2, 0) is 20.6 Å². The minimum Gasteiger partial charge on any atom is -0.495 e. The molecule has 1 aromatic rings. The fourth-order valence-corrected chi connectivity index (χ4v) is 4.22. The average Bonchev–Trinajstić information content (AvgIpc) is 3.31. The zero-order chi connectivity index (χ0) is 15.5. The van der Waals surface area contributed by atoms with Crippen molar-refractivity contribution in [1.29, 1.82) is 0 Å². The van der Waals surface area contributed by atoms with E-state index >= 15 is 0 Å². The van der Waals surface area contributed by atoms with Crippen molar-refractivity contribution in [3.05, 3.63) is 23.8 Å². The molecule has 1 aliphatic rings. The van der Waals surface area contributed by atoms with E-state index in [1.54, 1.807) is 25.3 Å². The van der Waals surface area contributed by atoms with Gasteiger partial charge in [-0.1, -0.05) is 6.07 Å². The van der Waals surface area contributed by atoms with Crippen LogP contribution >= 0.6 is 11.6 Å². The standard InChI is InChI=1S/C14H20ClNO4S/c1-19-8-7-16(12-4-5-12)21(17,18)14-9-11(10-15)3-6-13(14)20-2/h3,6,9,12H,4-5,7-8,10H2,1-2H3. The fourth-order valence-electron chi connectivity index (χ4n) is 2.17. The molecule has 1 saturated carbocycles. The Hall–Kier alpha value is -0.820. The molecule has 2 rings (SSSR count). The summed E-state index contributed by atoms with van der Waals surface area (Å²) in [5, 5.41) is 0. The number of ether oxygens (including phenoxy) is 2. The van der Waals surface area contributed by atoms with Crippen molar-refractivity contribution in [3.63, 3.8) is 0 Å². The van der Waals surface area contributed by atoms with Crippen molar-refractivity contribution in [2.75, 3.05) is 27.4 Å². The first-order valence-corrected chi connectivity index (χ1v) is 8.75. The lowest BCUT2D eigenvalue weighted by Crippen LogP contribution is -2.36. The Labute approximate surface area is 130 Å². The van der Waals surface area contributed by atoms with E-state index in [4.69, 9.17) is 21.1 Å². The largest absolute Gasteiger partial charge is 0.495 e. The van der Waals surface area contributed by atoms with Crippen LogP contribution in [0.15, 0.2) is 23.1 Å². The van der Waals surface area contributed by atoms with Crippen LogP contribution in [0.1, 0.15) is 18.4 Å². The van der Waals surface area contributed by atoms with Crippen molar-refractivity contribution in [2.24, 2.45) is 0 Å². The molecule has 0 aromatic heterocycles. The molecule has 0 spiro atoms. The van der Waals surface area contributed by atoms with Gasteiger partial charge in [0.15, 0.2) is 0 Å². The van der Waals surface area contributed by atoms with Crippen LogP contribution in [0.25, 0.3) is 0 Å². The molecule has 0 radical (unpaired) electrons. The Morgan fingerprint density at radius 2 is 2.05 bits per heavy atom. The highest BCUT2D eigenvalue weighted by Crippen LogP contribution is 2.35. The maximum absolute atomic E-state index is 12.9. The van der Waals surface area contributed by atoms with Crippen LogP contribution in [0.3, 0.4) is 0 Å². The Kier molecular flexibility index (Phi) is 5.48. The Morgan fingerprint density at radius 3 is 2.57 bits per heavy atom. The Bertz CT molecular complexity index is 587. The molecule has 0 saturated heterocycles. The van der Waals surface area contributed by atoms with Gasteiger partial charge in [-0.2, -0.15) is 4.31 Å². The first kappa shape index (κ1) is 16.5. The van der Waals surface area contributed by atoms with Crippen molar-refractivity contribution in [2.45, 2.75) is 29.7 Å². The topological polar surface area (TPSA) is 55.8 Å². The van der Waals surface area contributed by atoms with E-state index in [2.05, 4.69) is 0 Å². The summed E-state index contributed by atoms with van der Waals surface area (Å²) in [5.74, 6) is 0.598. The molecule has 118 valence electrons. The molecule has 0 amide bonds. The predicted molar refractivity (Wildman–Crippen MR) is 81.3 cm³/mol. The maximum atomic E-state index is 12.9. The molecule has 21 heavy (non-hydrogen) atoms. The molecule has 1 fully saturated rings. The third-order valence-electron chi connectivity index (χ3n) is 3.44. The minimum absolute atomic E-state index is 0.0644. The van der Waals surface area contributed by atoms with E-state index in [1.807, 2.05) is 0 Å². The van der Waals surface area contributed by atoms with Gasteiger partial charge in [0.1, 0.15) is 10.6 Å². The lowest BCUT2D eigenvalue weighted by molar-refractivity contribution is 0.177. The van der Waals surface area contributed by atoms with Gasteiger partial charge in [-0.15, -0.1) is 11.6 Å². The average molecular weight is 334 g/mol. The number of benzene rings is 1. The van der Waals surface area contributed by atoms with Crippen molar-refractivity contribution in [1.82, 2.24) is 4.31 Å². The van der Waals surface area contributed by atoms with Gasteiger partial charge in [0.2, 0.25) is 10.0 Å². The van der Waals surface area contributed by atoms with Gasteiger partial charge < -0.3 is 9.47 Å². The summed E-state index contributed by atoms with van der Waals surface area (Å²) in [4.78, 5) is 0.172. The first-order valence-electron chi connectivity index (χ1n) is 6.78. The number of rotatable bonds is 8. The zero-order valence-corrected chi connectivity index (χ0v) is 13.8. The highest BCUT2D eigenvalue weighted by molar-refractivity contribution is 7.89. The number of sulfonamides is 1. The third kappa shape index (κ3) is 3.69. The van der Waals surface area contributed by atoms with Crippen LogP contribution in [0.4, 0.5) is 0 Å². The molecule has 0 unspecified atom stereocenters. The van der Waals surface area contributed by atoms with Gasteiger partial charge in [0, 0.05) is 25.6 Å². The first-order chi connectivity index (χ1) is 10.0. The van der Waals surface area contributed by atoms with Gasteiger partial charge >= 0.3 is 0 Å². The van der Waals surface area contributed by atoms with E-state index in [0.29, 0.717) is 18.9 Å². The highest BCUT2D eigenvalue weighted by atomic mass is 35.5.